The van der Waals surface area contributed by atoms with E-state index in [1.165, 1.54) is 0 Å². The topological polar surface area (TPSA) is 77.8 Å². The number of hydrogen-bond acceptors (Lipinski definition) is 6. The van der Waals surface area contributed by atoms with E-state index in [1.807, 2.05) is 42.7 Å². The van der Waals surface area contributed by atoms with Gasteiger partial charge in [0.1, 0.15) is 22.3 Å². The van der Waals surface area contributed by atoms with Gasteiger partial charge in [-0.1, -0.05) is 48.5 Å². The Hall–Kier alpha value is -6.66. The minimum Gasteiger partial charge on any atom is -0.456 e. The molecule has 0 spiro atoms. The number of nitrogens with zero attached hydrogens (tertiary/aromatic N) is 4. The van der Waals surface area contributed by atoms with Gasteiger partial charge in [-0.25, -0.2) is 9.97 Å². The highest BCUT2D eigenvalue weighted by atomic mass is 16.3. The third-order valence-electron chi connectivity index (χ3n) is 9.52. The second kappa shape index (κ2) is 9.44. The van der Waals surface area contributed by atoms with Crippen LogP contribution in [0.2, 0.25) is 0 Å². The van der Waals surface area contributed by atoms with E-state index in [9.17, 15) is 0 Å². The maximum absolute atomic E-state index is 6.34. The third kappa shape index (κ3) is 3.68. The molecule has 0 N–H and O–H groups in total. The van der Waals surface area contributed by atoms with Gasteiger partial charge < -0.3 is 8.83 Å². The summed E-state index contributed by atoms with van der Waals surface area (Å²) in [5.41, 5.74) is 10.6. The van der Waals surface area contributed by atoms with Crippen molar-refractivity contribution in [3.05, 3.63) is 134 Å². The van der Waals surface area contributed by atoms with Crippen LogP contribution in [0, 0.1) is 0 Å². The van der Waals surface area contributed by atoms with Gasteiger partial charge in [-0.15, -0.1) is 0 Å². The summed E-state index contributed by atoms with van der Waals surface area (Å²) < 4.78 is 12.7. The van der Waals surface area contributed by atoms with E-state index in [1.54, 1.807) is 0 Å². The lowest BCUT2D eigenvalue weighted by molar-refractivity contribution is 0.656. The van der Waals surface area contributed by atoms with Crippen molar-refractivity contribution in [2.75, 3.05) is 0 Å². The van der Waals surface area contributed by atoms with E-state index < -0.39 is 0 Å². The molecular formula is C42H22N4O2. The van der Waals surface area contributed by atoms with Crippen LogP contribution in [0.25, 0.3) is 110 Å². The number of aromatic nitrogens is 4. The fourth-order valence-electron chi connectivity index (χ4n) is 7.13. The lowest BCUT2D eigenvalue weighted by Crippen LogP contribution is -1.88. The van der Waals surface area contributed by atoms with Crippen molar-refractivity contribution in [1.29, 1.82) is 0 Å². The first-order valence-electron chi connectivity index (χ1n) is 15.9. The highest BCUT2D eigenvalue weighted by molar-refractivity contribution is 6.16. The molecule has 0 fully saturated rings. The van der Waals surface area contributed by atoms with E-state index in [4.69, 9.17) is 18.8 Å². The maximum Gasteiger partial charge on any atom is 0.139 e. The van der Waals surface area contributed by atoms with E-state index in [0.717, 1.165) is 110 Å². The number of furan rings is 2. The second-order valence-corrected chi connectivity index (χ2v) is 12.3. The Kier molecular flexibility index (Phi) is 5.02. The van der Waals surface area contributed by atoms with E-state index in [0.29, 0.717) is 0 Å². The molecule has 0 saturated carbocycles. The standard InChI is InChI=1S/C42H22N4O2/c1-3-23-5-7-25-9-13-33(45-41(25)39(23)43-17-1)27-11-15-35-29(19-27)31-21-32-30-20-28(12-16-36(30)48-38(32)22-37(31)47-35)34-14-10-26-8-6-24-4-2-18-44-40(24)42(26)46-34/h1-22H. The van der Waals surface area contributed by atoms with Gasteiger partial charge in [0.2, 0.25) is 0 Å². The number of fused-ring (bicyclic) bond motifs is 12. The predicted molar refractivity (Wildman–Crippen MR) is 193 cm³/mol. The average molecular weight is 615 g/mol. The molecule has 0 radical (unpaired) electrons. The summed E-state index contributed by atoms with van der Waals surface area (Å²) in [7, 11) is 0. The quantitative estimate of drug-likeness (QED) is 0.180. The largest absolute Gasteiger partial charge is 0.456 e. The molecule has 0 unspecified atom stereocenters. The summed E-state index contributed by atoms with van der Waals surface area (Å²) in [4.78, 5) is 19.4. The predicted octanol–water partition coefficient (Wildman–Crippen LogP) is 11.0. The smallest absolute Gasteiger partial charge is 0.139 e. The van der Waals surface area contributed by atoms with Crippen LogP contribution in [0.5, 0.6) is 0 Å². The van der Waals surface area contributed by atoms with Crippen molar-refractivity contribution in [1.82, 2.24) is 19.9 Å². The zero-order valence-corrected chi connectivity index (χ0v) is 25.3. The summed E-state index contributed by atoms with van der Waals surface area (Å²) in [6.45, 7) is 0. The lowest BCUT2D eigenvalue weighted by atomic mass is 10.0. The minimum atomic E-state index is 0.783. The molecule has 0 aliphatic carbocycles. The van der Waals surface area contributed by atoms with Crippen LogP contribution >= 0.6 is 0 Å². The number of pyridine rings is 4. The van der Waals surface area contributed by atoms with Gasteiger partial charge in [0.05, 0.1) is 33.5 Å². The van der Waals surface area contributed by atoms with Gasteiger partial charge in [0.15, 0.2) is 0 Å². The second-order valence-electron chi connectivity index (χ2n) is 12.3. The summed E-state index contributed by atoms with van der Waals surface area (Å²) >= 11 is 0. The fourth-order valence-corrected chi connectivity index (χ4v) is 7.13. The van der Waals surface area contributed by atoms with Crippen LogP contribution in [0.3, 0.4) is 0 Å². The highest BCUT2D eigenvalue weighted by Crippen LogP contribution is 2.39. The summed E-state index contributed by atoms with van der Waals surface area (Å²) in [5.74, 6) is 0. The lowest BCUT2D eigenvalue weighted by Gasteiger charge is -2.06. The Bertz CT molecular complexity index is 2930. The zero-order chi connectivity index (χ0) is 31.3. The summed E-state index contributed by atoms with van der Waals surface area (Å²) in [6.07, 6.45) is 3.64. The Balaban J connectivity index is 1.07. The molecule has 0 saturated heterocycles. The van der Waals surface area contributed by atoms with Crippen molar-refractivity contribution in [3.8, 4) is 22.5 Å². The molecule has 0 bridgehead atoms. The Labute approximate surface area is 271 Å². The van der Waals surface area contributed by atoms with Crippen LogP contribution < -0.4 is 0 Å². The van der Waals surface area contributed by atoms with Crippen LogP contribution in [-0.2, 0) is 0 Å². The zero-order valence-electron chi connectivity index (χ0n) is 25.3. The van der Waals surface area contributed by atoms with E-state index in [2.05, 4.69) is 101 Å². The van der Waals surface area contributed by atoms with Crippen LogP contribution in [0.4, 0.5) is 0 Å². The summed E-state index contributed by atoms with van der Waals surface area (Å²) in [5, 5.41) is 8.41. The van der Waals surface area contributed by atoms with Crippen LogP contribution in [-0.4, -0.2) is 19.9 Å². The molecule has 6 nitrogen and oxygen atoms in total. The van der Waals surface area contributed by atoms with Crippen LogP contribution in [0.1, 0.15) is 0 Å². The molecule has 11 aromatic rings. The molecule has 222 valence electrons. The molecule has 6 heteroatoms. The van der Waals surface area contributed by atoms with Gasteiger partial charge in [-0.3, -0.25) is 9.97 Å². The molecule has 0 aliphatic rings. The first kappa shape index (κ1) is 25.5. The molecule has 48 heavy (non-hydrogen) atoms. The van der Waals surface area contributed by atoms with E-state index >= 15 is 0 Å². The Morgan fingerprint density at radius 1 is 0.354 bits per heavy atom. The first-order chi connectivity index (χ1) is 23.7. The third-order valence-corrected chi connectivity index (χ3v) is 9.52. The molecule has 11 rings (SSSR count). The number of hydrogen-bond donors (Lipinski definition) is 0. The normalized spacial score (nSPS) is 12.2. The minimum absolute atomic E-state index is 0.783. The first-order valence-corrected chi connectivity index (χ1v) is 15.9. The van der Waals surface area contributed by atoms with E-state index in [-0.39, 0.29) is 0 Å². The molecule has 5 aromatic carbocycles. The van der Waals surface area contributed by atoms with Crippen molar-refractivity contribution in [2.24, 2.45) is 0 Å². The van der Waals surface area contributed by atoms with Crippen molar-refractivity contribution in [3.63, 3.8) is 0 Å². The average Bonchev–Trinajstić information content (AvgIpc) is 3.69. The van der Waals surface area contributed by atoms with Gasteiger partial charge in [-0.05, 0) is 66.7 Å². The number of benzene rings is 5. The Morgan fingerprint density at radius 2 is 0.792 bits per heavy atom. The van der Waals surface area contributed by atoms with Crippen molar-refractivity contribution < 1.29 is 8.83 Å². The van der Waals surface area contributed by atoms with Crippen LogP contribution in [0.15, 0.2) is 143 Å². The Morgan fingerprint density at radius 3 is 1.29 bits per heavy atom. The number of rotatable bonds is 2. The molecule has 6 heterocycles. The molecule has 0 atom stereocenters. The summed E-state index contributed by atoms with van der Waals surface area (Å²) in [6, 6.07) is 41.5. The SMILES string of the molecule is c1cnc2c(c1)ccc1ccc(-c3ccc4oc5cc6oc7ccc(-c8ccc9ccc%10cccnc%10c9n8)cc7c6cc5c4c3)nc12. The van der Waals surface area contributed by atoms with Gasteiger partial charge in [0, 0.05) is 72.7 Å². The monoisotopic (exact) mass is 614 g/mol. The molecule has 6 aromatic heterocycles. The van der Waals surface area contributed by atoms with Gasteiger partial charge in [-0.2, -0.15) is 0 Å². The molecule has 0 aliphatic heterocycles. The van der Waals surface area contributed by atoms with Gasteiger partial charge in [0.25, 0.3) is 0 Å². The molecular weight excluding hydrogens is 592 g/mol. The highest BCUT2D eigenvalue weighted by Gasteiger charge is 2.16. The fraction of sp³-hybridized carbons (Fsp3) is 0. The van der Waals surface area contributed by atoms with Gasteiger partial charge >= 0.3 is 0 Å². The van der Waals surface area contributed by atoms with Crippen molar-refractivity contribution in [2.45, 2.75) is 0 Å². The molecule has 0 amide bonds. The maximum atomic E-state index is 6.34. The van der Waals surface area contributed by atoms with Crippen molar-refractivity contribution >= 4 is 87.5 Å².